The number of rotatable bonds is 4. The number of hydrogen-bond donors (Lipinski definition) is 1. The number of nitrogens with zero attached hydrogens (tertiary/aromatic N) is 3. The van der Waals surface area contributed by atoms with E-state index in [1.165, 1.54) is 4.90 Å². The van der Waals surface area contributed by atoms with Gasteiger partial charge in [-0.05, 0) is 49.2 Å². The van der Waals surface area contributed by atoms with Gasteiger partial charge in [0.05, 0.1) is 36.1 Å². The zero-order valence-corrected chi connectivity index (χ0v) is 18.2. The van der Waals surface area contributed by atoms with Crippen LogP contribution in [0.15, 0.2) is 42.5 Å². The van der Waals surface area contributed by atoms with Crippen molar-refractivity contribution in [1.82, 2.24) is 14.9 Å². The Morgan fingerprint density at radius 2 is 1.87 bits per heavy atom. The maximum absolute atomic E-state index is 15.2. The van der Waals surface area contributed by atoms with Crippen LogP contribution in [0, 0.1) is 25.2 Å². The van der Waals surface area contributed by atoms with E-state index in [1.807, 2.05) is 32.0 Å². The summed E-state index contributed by atoms with van der Waals surface area (Å²) in [5.74, 6) is 0.999. The summed E-state index contributed by atoms with van der Waals surface area (Å²) < 4.78 is 15.2. The Morgan fingerprint density at radius 3 is 2.45 bits per heavy atom. The molecule has 0 bridgehead atoms. The summed E-state index contributed by atoms with van der Waals surface area (Å²) >= 11 is 0. The van der Waals surface area contributed by atoms with E-state index >= 15 is 4.39 Å². The monoisotopic (exact) mass is 416 g/mol. The van der Waals surface area contributed by atoms with Gasteiger partial charge < -0.3 is 9.88 Å². The van der Waals surface area contributed by atoms with Crippen LogP contribution in [0.4, 0.5) is 4.39 Å². The van der Waals surface area contributed by atoms with Crippen molar-refractivity contribution in [2.45, 2.75) is 39.3 Å². The molecule has 2 aromatic carbocycles. The second-order valence-electron chi connectivity index (χ2n) is 8.58. The molecule has 0 unspecified atom stereocenters. The van der Waals surface area contributed by atoms with Crippen LogP contribution in [0.1, 0.15) is 58.3 Å². The number of likely N-dealkylation sites (tertiary alicyclic amines) is 1. The number of carbonyl (C=O) groups excluding carboxylic acids is 1. The predicted octanol–water partition coefficient (Wildman–Crippen LogP) is 5.01. The molecule has 1 aliphatic heterocycles. The zero-order valence-electron chi connectivity index (χ0n) is 18.2. The van der Waals surface area contributed by atoms with Crippen LogP contribution >= 0.6 is 0 Å². The minimum absolute atomic E-state index is 0.00151. The Morgan fingerprint density at radius 1 is 1.19 bits per heavy atom. The fourth-order valence-electron chi connectivity index (χ4n) is 3.95. The van der Waals surface area contributed by atoms with Crippen LogP contribution in [-0.2, 0) is 5.67 Å². The molecule has 158 valence electrons. The van der Waals surface area contributed by atoms with Crippen molar-refractivity contribution in [1.29, 1.82) is 5.26 Å². The SMILES string of the molecule is Cc1ccc(C(=O)N2CC(F)(c3ccc(C#N)cc3)C2)cc1-c1[nH]c(C(C)C)nc1C. The Kier molecular flexibility index (Phi) is 5.14. The van der Waals surface area contributed by atoms with Crippen LogP contribution in [0.2, 0.25) is 0 Å². The van der Waals surface area contributed by atoms with E-state index in [4.69, 9.17) is 5.26 Å². The Hall–Kier alpha value is -3.46. The normalized spacial score (nSPS) is 14.9. The lowest BCUT2D eigenvalue weighted by atomic mass is 9.87. The van der Waals surface area contributed by atoms with Gasteiger partial charge in [-0.15, -0.1) is 0 Å². The molecule has 1 fully saturated rings. The summed E-state index contributed by atoms with van der Waals surface area (Å²) in [5, 5.41) is 8.91. The molecule has 0 aliphatic carbocycles. The van der Waals surface area contributed by atoms with Crippen LogP contribution in [0.5, 0.6) is 0 Å². The minimum Gasteiger partial charge on any atom is -0.342 e. The number of aryl methyl sites for hydroxylation is 2. The maximum atomic E-state index is 15.2. The molecular weight excluding hydrogens is 391 g/mol. The number of nitriles is 1. The van der Waals surface area contributed by atoms with E-state index in [1.54, 1.807) is 30.3 Å². The van der Waals surface area contributed by atoms with Crippen LogP contribution in [0.25, 0.3) is 11.3 Å². The smallest absolute Gasteiger partial charge is 0.254 e. The van der Waals surface area contributed by atoms with Crippen molar-refractivity contribution >= 4 is 5.91 Å². The van der Waals surface area contributed by atoms with Gasteiger partial charge in [0.25, 0.3) is 5.91 Å². The molecule has 1 aliphatic rings. The molecule has 1 amide bonds. The second-order valence-corrected chi connectivity index (χ2v) is 8.58. The first-order valence-electron chi connectivity index (χ1n) is 10.4. The fraction of sp³-hybridized carbons (Fsp3) is 0.320. The first-order chi connectivity index (χ1) is 14.7. The maximum Gasteiger partial charge on any atom is 0.254 e. The van der Waals surface area contributed by atoms with Crippen molar-refractivity contribution in [3.8, 4) is 17.3 Å². The minimum atomic E-state index is -1.58. The van der Waals surface area contributed by atoms with Gasteiger partial charge in [-0.2, -0.15) is 5.26 Å². The van der Waals surface area contributed by atoms with E-state index < -0.39 is 5.67 Å². The second kappa shape index (κ2) is 7.66. The topological polar surface area (TPSA) is 72.8 Å². The summed E-state index contributed by atoms with van der Waals surface area (Å²) in [6.45, 7) is 8.12. The lowest BCUT2D eigenvalue weighted by Gasteiger charge is -2.44. The lowest BCUT2D eigenvalue weighted by molar-refractivity contribution is -0.0231. The molecule has 0 spiro atoms. The molecule has 4 rings (SSSR count). The standard InChI is InChI=1S/C25H25FN4O/c1-15(2)23-28-17(4)22(29-23)21-11-19(8-5-16(21)3)24(31)30-13-25(26,14-30)20-9-6-18(12-27)7-10-20/h5-11,15H,13-14H2,1-4H3,(H,28,29). The number of carbonyl (C=O) groups is 1. The van der Waals surface area contributed by atoms with Crippen molar-refractivity contribution in [3.63, 3.8) is 0 Å². The fourth-order valence-corrected chi connectivity index (χ4v) is 3.95. The molecule has 3 aromatic rings. The highest BCUT2D eigenvalue weighted by molar-refractivity contribution is 5.96. The van der Waals surface area contributed by atoms with Gasteiger partial charge in [-0.3, -0.25) is 4.79 Å². The van der Waals surface area contributed by atoms with Crippen LogP contribution in [0.3, 0.4) is 0 Å². The number of aromatic amines is 1. The molecule has 1 saturated heterocycles. The molecule has 6 heteroatoms. The Labute approximate surface area is 181 Å². The molecule has 2 heterocycles. The van der Waals surface area contributed by atoms with E-state index in [9.17, 15) is 4.79 Å². The average Bonchev–Trinajstić information content (AvgIpc) is 3.13. The number of alkyl halides is 1. The predicted molar refractivity (Wildman–Crippen MR) is 117 cm³/mol. The van der Waals surface area contributed by atoms with E-state index in [-0.39, 0.29) is 24.9 Å². The highest BCUT2D eigenvalue weighted by atomic mass is 19.1. The third-order valence-corrected chi connectivity index (χ3v) is 5.91. The number of hydrogen-bond acceptors (Lipinski definition) is 3. The van der Waals surface area contributed by atoms with Gasteiger partial charge >= 0.3 is 0 Å². The molecule has 0 atom stereocenters. The first-order valence-corrected chi connectivity index (χ1v) is 10.4. The number of benzene rings is 2. The van der Waals surface area contributed by atoms with Gasteiger partial charge in [0.15, 0.2) is 5.67 Å². The Bertz CT molecular complexity index is 1180. The number of H-pyrrole nitrogens is 1. The van der Waals surface area contributed by atoms with Gasteiger partial charge in [-0.25, -0.2) is 9.37 Å². The van der Waals surface area contributed by atoms with Gasteiger partial charge in [0.2, 0.25) is 0 Å². The Balaban J connectivity index is 1.55. The molecule has 1 aromatic heterocycles. The molecular formula is C25H25FN4O. The molecule has 5 nitrogen and oxygen atoms in total. The number of halogens is 1. The van der Waals surface area contributed by atoms with E-state index in [0.29, 0.717) is 16.7 Å². The number of nitrogens with one attached hydrogen (secondary N) is 1. The van der Waals surface area contributed by atoms with Crippen LogP contribution < -0.4 is 0 Å². The highest BCUT2D eigenvalue weighted by Gasteiger charge is 2.47. The van der Waals surface area contributed by atoms with Crippen molar-refractivity contribution in [2.75, 3.05) is 13.1 Å². The van der Waals surface area contributed by atoms with Crippen molar-refractivity contribution in [2.24, 2.45) is 0 Å². The first kappa shape index (κ1) is 20.8. The third kappa shape index (κ3) is 3.72. The third-order valence-electron chi connectivity index (χ3n) is 5.91. The van der Waals surface area contributed by atoms with Gasteiger partial charge in [0.1, 0.15) is 5.82 Å². The molecule has 0 radical (unpaired) electrons. The summed E-state index contributed by atoms with van der Waals surface area (Å²) in [5.41, 5.74) is 3.71. The summed E-state index contributed by atoms with van der Waals surface area (Å²) in [6.07, 6.45) is 0. The largest absolute Gasteiger partial charge is 0.342 e. The van der Waals surface area contributed by atoms with E-state index in [2.05, 4.69) is 23.8 Å². The quantitative estimate of drug-likeness (QED) is 0.650. The molecule has 1 N–H and O–H groups in total. The average molecular weight is 417 g/mol. The van der Waals surface area contributed by atoms with Crippen LogP contribution in [-0.4, -0.2) is 33.9 Å². The number of imidazole rings is 1. The van der Waals surface area contributed by atoms with Crippen molar-refractivity contribution < 1.29 is 9.18 Å². The molecule has 0 saturated carbocycles. The molecule has 31 heavy (non-hydrogen) atoms. The van der Waals surface area contributed by atoms with Gasteiger partial charge in [0, 0.05) is 17.0 Å². The highest BCUT2D eigenvalue weighted by Crippen LogP contribution is 2.37. The number of aromatic nitrogens is 2. The summed E-state index contributed by atoms with van der Waals surface area (Å²) in [6, 6.07) is 14.1. The van der Waals surface area contributed by atoms with E-state index in [0.717, 1.165) is 28.3 Å². The summed E-state index contributed by atoms with van der Waals surface area (Å²) in [4.78, 5) is 22.5. The zero-order chi connectivity index (χ0) is 22.3. The summed E-state index contributed by atoms with van der Waals surface area (Å²) in [7, 11) is 0. The van der Waals surface area contributed by atoms with Gasteiger partial charge in [-0.1, -0.05) is 32.0 Å². The van der Waals surface area contributed by atoms with Crippen molar-refractivity contribution in [3.05, 3.63) is 76.2 Å². The number of amides is 1. The lowest BCUT2D eigenvalue weighted by Crippen LogP contribution is -2.58.